The first-order chi connectivity index (χ1) is 22.1. The highest BCUT2D eigenvalue weighted by atomic mass is 19.1. The Morgan fingerprint density at radius 2 is 1.44 bits per heavy atom. The second kappa shape index (κ2) is 16.1. The van der Waals surface area contributed by atoms with E-state index in [1.807, 2.05) is 78.9 Å². The lowest BCUT2D eigenvalue weighted by Gasteiger charge is -2.38. The van der Waals surface area contributed by atoms with Crippen molar-refractivity contribution in [3.05, 3.63) is 143 Å². The lowest BCUT2D eigenvalue weighted by molar-refractivity contribution is -0.109. The van der Waals surface area contributed by atoms with Gasteiger partial charge in [-0.25, -0.2) is 19.6 Å². The molecule has 0 aliphatic carbocycles. The monoisotopic (exact) mass is 607 g/mol. The van der Waals surface area contributed by atoms with Crippen molar-refractivity contribution >= 4 is 12.4 Å². The molecule has 7 heteroatoms. The number of nitrogens with one attached hydrogen (secondary N) is 1. The van der Waals surface area contributed by atoms with E-state index in [2.05, 4.69) is 34.6 Å². The van der Waals surface area contributed by atoms with Crippen molar-refractivity contribution in [3.8, 4) is 0 Å². The van der Waals surface area contributed by atoms with E-state index in [0.29, 0.717) is 12.8 Å². The highest BCUT2D eigenvalue weighted by Crippen LogP contribution is 2.37. The first-order valence-corrected chi connectivity index (χ1v) is 15.8. The lowest BCUT2D eigenvalue weighted by Crippen LogP contribution is -2.51. The van der Waals surface area contributed by atoms with Gasteiger partial charge in [0, 0.05) is 12.0 Å². The van der Waals surface area contributed by atoms with Gasteiger partial charge in [-0.15, -0.1) is 0 Å². The van der Waals surface area contributed by atoms with Gasteiger partial charge >= 0.3 is 6.09 Å². The largest absolute Gasteiger partial charge is 0.444 e. The SMILES string of the molecule is O=CCN(NCC(CCCN1CCC(c2ccccc2F)CC1)(c1ccccc1)c1ccccc1)C(=O)OCc1ccccc1. The van der Waals surface area contributed by atoms with Gasteiger partial charge in [0.15, 0.2) is 0 Å². The molecule has 234 valence electrons. The molecule has 1 heterocycles. The number of nitrogens with zero attached hydrogens (tertiary/aromatic N) is 2. The molecule has 0 radical (unpaired) electrons. The smallest absolute Gasteiger partial charge is 0.424 e. The molecule has 0 saturated carbocycles. The molecule has 1 amide bonds. The number of carbonyl (C=O) groups is 2. The Balaban J connectivity index is 1.30. The summed E-state index contributed by atoms with van der Waals surface area (Å²) in [6.45, 7) is 3.16. The van der Waals surface area contributed by atoms with Crippen molar-refractivity contribution in [2.24, 2.45) is 0 Å². The van der Waals surface area contributed by atoms with E-state index in [1.54, 1.807) is 12.1 Å². The van der Waals surface area contributed by atoms with Crippen LogP contribution in [0.15, 0.2) is 115 Å². The van der Waals surface area contributed by atoms with Gasteiger partial charge in [0.2, 0.25) is 0 Å². The number of likely N-dealkylation sites (tertiary alicyclic amines) is 1. The zero-order valence-corrected chi connectivity index (χ0v) is 25.7. The fraction of sp³-hybridized carbons (Fsp3) is 0.316. The Bertz CT molecular complexity index is 1440. The van der Waals surface area contributed by atoms with Crippen LogP contribution in [0.5, 0.6) is 0 Å². The molecule has 1 saturated heterocycles. The third-order valence-corrected chi connectivity index (χ3v) is 8.92. The van der Waals surface area contributed by atoms with Gasteiger partial charge in [-0.1, -0.05) is 109 Å². The summed E-state index contributed by atoms with van der Waals surface area (Å²) >= 11 is 0. The molecule has 4 aromatic rings. The average molecular weight is 608 g/mol. The van der Waals surface area contributed by atoms with E-state index < -0.39 is 11.5 Å². The molecule has 1 N–H and O–H groups in total. The topological polar surface area (TPSA) is 61.9 Å². The van der Waals surface area contributed by atoms with E-state index >= 15 is 0 Å². The predicted molar refractivity (Wildman–Crippen MR) is 175 cm³/mol. The minimum Gasteiger partial charge on any atom is -0.444 e. The summed E-state index contributed by atoms with van der Waals surface area (Å²) < 4.78 is 20.0. The normalized spacial score (nSPS) is 14.2. The lowest BCUT2D eigenvalue weighted by atomic mass is 9.71. The van der Waals surface area contributed by atoms with Gasteiger partial charge in [-0.2, -0.15) is 0 Å². The Kier molecular flexibility index (Phi) is 11.5. The quantitative estimate of drug-likeness (QED) is 0.122. The van der Waals surface area contributed by atoms with Crippen LogP contribution in [0.4, 0.5) is 9.18 Å². The van der Waals surface area contributed by atoms with Crippen LogP contribution in [0.2, 0.25) is 0 Å². The van der Waals surface area contributed by atoms with E-state index in [-0.39, 0.29) is 24.9 Å². The summed E-state index contributed by atoms with van der Waals surface area (Å²) in [5.41, 5.74) is 6.78. The number of rotatable bonds is 14. The second-order valence-corrected chi connectivity index (χ2v) is 11.7. The van der Waals surface area contributed by atoms with Crippen LogP contribution in [-0.2, 0) is 21.6 Å². The summed E-state index contributed by atoms with van der Waals surface area (Å²) in [6.07, 6.45) is 3.72. The summed E-state index contributed by atoms with van der Waals surface area (Å²) in [4.78, 5) is 27.2. The van der Waals surface area contributed by atoms with Crippen LogP contribution in [0.3, 0.4) is 0 Å². The Morgan fingerprint density at radius 1 is 0.867 bits per heavy atom. The number of carbonyl (C=O) groups excluding carboxylic acids is 2. The minimum absolute atomic E-state index is 0.105. The third kappa shape index (κ3) is 8.44. The molecule has 0 bridgehead atoms. The molecular weight excluding hydrogens is 565 g/mol. The molecule has 0 atom stereocenters. The maximum absolute atomic E-state index is 14.4. The van der Waals surface area contributed by atoms with Gasteiger partial charge in [0.25, 0.3) is 0 Å². The molecule has 5 rings (SSSR count). The van der Waals surface area contributed by atoms with Crippen molar-refractivity contribution in [3.63, 3.8) is 0 Å². The van der Waals surface area contributed by atoms with E-state index in [9.17, 15) is 14.0 Å². The number of benzene rings is 4. The summed E-state index contributed by atoms with van der Waals surface area (Å²) in [6, 6.07) is 37.3. The Labute approximate surface area is 265 Å². The molecule has 1 aliphatic rings. The molecule has 6 nitrogen and oxygen atoms in total. The van der Waals surface area contributed by atoms with Gasteiger partial charge < -0.3 is 14.4 Å². The first-order valence-electron chi connectivity index (χ1n) is 15.8. The maximum atomic E-state index is 14.4. The van der Waals surface area contributed by atoms with Gasteiger partial charge in [-0.05, 0) is 79.6 Å². The summed E-state index contributed by atoms with van der Waals surface area (Å²) in [7, 11) is 0. The van der Waals surface area contributed by atoms with Crippen molar-refractivity contribution in [2.45, 2.75) is 43.6 Å². The maximum Gasteiger partial charge on any atom is 0.424 e. The van der Waals surface area contributed by atoms with Gasteiger partial charge in [0.1, 0.15) is 18.7 Å². The Hall–Kier alpha value is -4.33. The van der Waals surface area contributed by atoms with Gasteiger partial charge in [-0.3, -0.25) is 0 Å². The molecule has 0 spiro atoms. The number of piperidine rings is 1. The number of amides is 1. The number of aldehydes is 1. The van der Waals surface area contributed by atoms with Crippen molar-refractivity contribution in [2.75, 3.05) is 32.7 Å². The minimum atomic E-state index is -0.598. The summed E-state index contributed by atoms with van der Waals surface area (Å²) in [5, 5.41) is 1.27. The van der Waals surface area contributed by atoms with Crippen LogP contribution in [0.1, 0.15) is 53.9 Å². The number of hydrogen-bond donors (Lipinski definition) is 1. The van der Waals surface area contributed by atoms with Crippen LogP contribution in [0.25, 0.3) is 0 Å². The average Bonchev–Trinajstić information content (AvgIpc) is 3.10. The fourth-order valence-corrected chi connectivity index (χ4v) is 6.45. The van der Waals surface area contributed by atoms with E-state index in [4.69, 9.17) is 4.74 Å². The molecule has 4 aromatic carbocycles. The first kappa shape index (κ1) is 32.1. The highest BCUT2D eigenvalue weighted by Gasteiger charge is 2.35. The molecule has 45 heavy (non-hydrogen) atoms. The molecule has 1 fully saturated rings. The number of hydrazine groups is 1. The number of hydrogen-bond acceptors (Lipinski definition) is 5. The molecule has 0 unspecified atom stereocenters. The fourth-order valence-electron chi connectivity index (χ4n) is 6.45. The van der Waals surface area contributed by atoms with Crippen molar-refractivity contribution in [1.29, 1.82) is 0 Å². The standard InChI is InChI=1S/C38H42FN3O3/c39-36-20-11-10-19-35(36)32-21-25-41(26-22-32)24-12-23-38(33-15-6-2-7-16-33,34-17-8-3-9-18-34)30-40-42(27-28-43)37(44)45-29-31-13-4-1-5-14-31/h1-11,13-20,28,32,40H,12,21-27,29-30H2. The Morgan fingerprint density at radius 3 is 2.04 bits per heavy atom. The molecule has 1 aliphatic heterocycles. The summed E-state index contributed by atoms with van der Waals surface area (Å²) in [5.74, 6) is 0.149. The van der Waals surface area contributed by atoms with E-state index in [0.717, 1.165) is 67.6 Å². The zero-order chi connectivity index (χ0) is 31.3. The van der Waals surface area contributed by atoms with Crippen molar-refractivity contribution < 1.29 is 18.7 Å². The zero-order valence-electron chi connectivity index (χ0n) is 25.7. The van der Waals surface area contributed by atoms with Crippen LogP contribution in [-0.4, -0.2) is 55.0 Å². The second-order valence-electron chi connectivity index (χ2n) is 11.7. The predicted octanol–water partition coefficient (Wildman–Crippen LogP) is 7.11. The molecule has 0 aromatic heterocycles. The third-order valence-electron chi connectivity index (χ3n) is 8.92. The van der Waals surface area contributed by atoms with Crippen LogP contribution in [0, 0.1) is 5.82 Å². The number of halogens is 1. The van der Waals surface area contributed by atoms with Crippen LogP contribution < -0.4 is 5.43 Å². The highest BCUT2D eigenvalue weighted by molar-refractivity contribution is 5.70. The molecular formula is C38H42FN3O3. The number of ether oxygens (including phenoxy) is 1. The van der Waals surface area contributed by atoms with Crippen molar-refractivity contribution in [1.82, 2.24) is 15.3 Å². The van der Waals surface area contributed by atoms with E-state index in [1.165, 1.54) is 5.01 Å². The van der Waals surface area contributed by atoms with Crippen LogP contribution >= 0.6 is 0 Å². The van der Waals surface area contributed by atoms with Gasteiger partial charge in [0.05, 0.1) is 6.54 Å².